The number of thiophene rings is 1. The number of carbonyl (C=O) groups excluding carboxylic acids is 1. The lowest BCUT2D eigenvalue weighted by Gasteiger charge is -2.33. The molecule has 10 nitrogen and oxygen atoms in total. The van der Waals surface area contributed by atoms with Crippen molar-refractivity contribution < 1.29 is 28.2 Å². The first-order valence-corrected chi connectivity index (χ1v) is 17.0. The van der Waals surface area contributed by atoms with Crippen LogP contribution < -0.4 is 4.74 Å². The fraction of sp³-hybridized carbons (Fsp3) is 0.333. The van der Waals surface area contributed by atoms with Crippen molar-refractivity contribution in [3.63, 3.8) is 0 Å². The zero-order chi connectivity index (χ0) is 34.2. The average molecular weight is 687 g/mol. The number of aromatic nitrogens is 4. The fourth-order valence-corrected chi connectivity index (χ4v) is 7.73. The van der Waals surface area contributed by atoms with E-state index in [-0.39, 0.29) is 43.1 Å². The quantitative estimate of drug-likeness (QED) is 0.149. The fourth-order valence-electron chi connectivity index (χ4n) is 6.79. The van der Waals surface area contributed by atoms with E-state index in [1.807, 2.05) is 35.3 Å². The number of hydrogen-bond donors (Lipinski definition) is 1. The minimum atomic E-state index is -0.794. The summed E-state index contributed by atoms with van der Waals surface area (Å²) in [6, 6.07) is 7.64. The number of β-amino-alcohol motifs (C(OH)–C–C–N with tert-alkyl or cyclic N) is 1. The van der Waals surface area contributed by atoms with Gasteiger partial charge in [0.15, 0.2) is 0 Å². The number of rotatable bonds is 10. The van der Waals surface area contributed by atoms with Gasteiger partial charge >= 0.3 is 0 Å². The number of pyridine rings is 2. The smallest absolute Gasteiger partial charge is 0.246 e. The average Bonchev–Trinajstić information content (AvgIpc) is 3.76. The van der Waals surface area contributed by atoms with E-state index in [4.69, 9.17) is 24.5 Å². The minimum absolute atomic E-state index is 0.0274. The van der Waals surface area contributed by atoms with Crippen molar-refractivity contribution in [2.24, 2.45) is 0 Å². The molecule has 0 fully saturated rings. The topological polar surface area (TPSA) is 106 Å². The Hall–Kier alpha value is -4.56. The number of halogens is 2. The van der Waals surface area contributed by atoms with E-state index < -0.39 is 11.6 Å². The number of methoxy groups -OCH3 is 1. The van der Waals surface area contributed by atoms with Crippen molar-refractivity contribution in [2.75, 3.05) is 46.6 Å². The molecule has 0 aliphatic carbocycles. The van der Waals surface area contributed by atoms with Gasteiger partial charge in [-0.05, 0) is 42.1 Å². The summed E-state index contributed by atoms with van der Waals surface area (Å²) in [4.78, 5) is 26.6. The molecule has 0 spiro atoms. The number of nitrogens with zero attached hydrogens (tertiary/aromatic N) is 6. The number of fused-ring (bicyclic) bond motifs is 3. The first-order chi connectivity index (χ1) is 23.8. The molecule has 13 heteroatoms. The number of ether oxygens (including phenoxy) is 2. The lowest BCUT2D eigenvalue weighted by Crippen LogP contribution is -2.40. The van der Waals surface area contributed by atoms with Crippen LogP contribution in [0.3, 0.4) is 0 Å². The van der Waals surface area contributed by atoms with Crippen LogP contribution in [0.2, 0.25) is 0 Å². The zero-order valence-electron chi connectivity index (χ0n) is 27.3. The molecule has 5 aromatic rings. The summed E-state index contributed by atoms with van der Waals surface area (Å²) in [5, 5.41) is 17.2. The van der Waals surface area contributed by atoms with E-state index in [0.29, 0.717) is 48.8 Å². The molecule has 1 N–H and O–H groups in total. The predicted octanol–water partition coefficient (Wildman–Crippen LogP) is 5.63. The number of amides is 1. The molecular formula is C36H36F2N6O4S. The second kappa shape index (κ2) is 13.7. The van der Waals surface area contributed by atoms with E-state index in [1.54, 1.807) is 4.90 Å². The third-order valence-electron chi connectivity index (χ3n) is 9.19. The Balaban J connectivity index is 1.46. The molecule has 1 unspecified atom stereocenters. The summed E-state index contributed by atoms with van der Waals surface area (Å²) >= 11 is 1.42. The monoisotopic (exact) mass is 686 g/mol. The highest BCUT2D eigenvalue weighted by Gasteiger charge is 2.31. The van der Waals surface area contributed by atoms with E-state index in [0.717, 1.165) is 51.6 Å². The molecule has 1 aromatic carbocycles. The number of carbonyl (C=O) groups is 1. The minimum Gasteiger partial charge on any atom is -0.490 e. The summed E-state index contributed by atoms with van der Waals surface area (Å²) in [5.41, 5.74) is 5.68. The lowest BCUT2D eigenvalue weighted by atomic mass is 9.95. The summed E-state index contributed by atoms with van der Waals surface area (Å²) in [6.07, 6.45) is 3.90. The molecule has 49 heavy (non-hydrogen) atoms. The molecule has 6 heterocycles. The highest BCUT2D eigenvalue weighted by atomic mass is 32.1. The maximum Gasteiger partial charge on any atom is 0.246 e. The maximum absolute atomic E-state index is 16.1. The Morgan fingerprint density at radius 3 is 2.80 bits per heavy atom. The standard InChI is InChI=1S/C36H36F2N6O4S/c1-4-31(46)43-8-9-44-29(21(43)2)18-28(41-44)35-33(32-26(38)16-24(37)17-30(32)48-13-12-47-3)36-25(6-14-49-36)34(40-35)22-15-23-20-42(10-11-45)7-5-27(23)39-19-22/h4,6,14-19,21,45H,1,5,7-13,20H2,2-3H3. The van der Waals surface area contributed by atoms with Gasteiger partial charge in [0.25, 0.3) is 0 Å². The molecular weight excluding hydrogens is 650 g/mol. The normalized spacial score (nSPS) is 16.1. The zero-order valence-corrected chi connectivity index (χ0v) is 28.1. The summed E-state index contributed by atoms with van der Waals surface area (Å²) in [5.74, 6) is -1.71. The molecule has 2 aliphatic rings. The highest BCUT2D eigenvalue weighted by Crippen LogP contribution is 2.47. The number of benzene rings is 1. The third kappa shape index (κ3) is 6.12. The Morgan fingerprint density at radius 1 is 1.14 bits per heavy atom. The van der Waals surface area contributed by atoms with Gasteiger partial charge in [-0.15, -0.1) is 11.3 Å². The molecule has 0 saturated heterocycles. The predicted molar refractivity (Wildman–Crippen MR) is 183 cm³/mol. The van der Waals surface area contributed by atoms with Crippen LogP contribution in [-0.4, -0.2) is 87.1 Å². The number of aliphatic hydroxyl groups is 1. The van der Waals surface area contributed by atoms with Crippen LogP contribution in [-0.2, 0) is 29.0 Å². The van der Waals surface area contributed by atoms with Gasteiger partial charge in [-0.1, -0.05) is 6.58 Å². The van der Waals surface area contributed by atoms with E-state index in [9.17, 15) is 14.3 Å². The number of hydrogen-bond acceptors (Lipinski definition) is 9. The van der Waals surface area contributed by atoms with Crippen molar-refractivity contribution in [3.8, 4) is 39.5 Å². The van der Waals surface area contributed by atoms with Gasteiger partial charge in [0.05, 0.1) is 42.8 Å². The van der Waals surface area contributed by atoms with E-state index in [2.05, 4.69) is 17.5 Å². The third-order valence-corrected chi connectivity index (χ3v) is 10.1. The second-order valence-corrected chi connectivity index (χ2v) is 13.0. The summed E-state index contributed by atoms with van der Waals surface area (Å²) < 4.78 is 44.5. The van der Waals surface area contributed by atoms with Crippen LogP contribution in [0.1, 0.15) is 29.9 Å². The molecule has 0 bridgehead atoms. The van der Waals surface area contributed by atoms with Gasteiger partial charge in [-0.2, -0.15) is 5.10 Å². The Kier molecular flexibility index (Phi) is 9.25. The largest absolute Gasteiger partial charge is 0.490 e. The highest BCUT2D eigenvalue weighted by molar-refractivity contribution is 7.18. The molecule has 0 radical (unpaired) electrons. The van der Waals surface area contributed by atoms with Gasteiger partial charge in [0.2, 0.25) is 5.91 Å². The molecule has 7 rings (SSSR count). The van der Waals surface area contributed by atoms with Gasteiger partial charge < -0.3 is 19.5 Å². The molecule has 2 aliphatic heterocycles. The Labute approximate surface area is 286 Å². The van der Waals surface area contributed by atoms with Crippen LogP contribution >= 0.6 is 11.3 Å². The molecule has 4 aromatic heterocycles. The SMILES string of the molecule is C=CC(=O)N1CCn2nc(-c3nc(-c4cnc5c(c4)CN(CCO)CC5)c4ccsc4c3-c3c(F)cc(F)cc3OCCOC)cc2C1C. The van der Waals surface area contributed by atoms with Crippen LogP contribution in [0.25, 0.3) is 43.9 Å². The van der Waals surface area contributed by atoms with Crippen molar-refractivity contribution in [1.29, 1.82) is 0 Å². The van der Waals surface area contributed by atoms with Crippen molar-refractivity contribution in [2.45, 2.75) is 32.5 Å². The first-order valence-electron chi connectivity index (χ1n) is 16.2. The van der Waals surface area contributed by atoms with E-state index in [1.165, 1.54) is 30.6 Å². The first kappa shape index (κ1) is 33.0. The van der Waals surface area contributed by atoms with Gasteiger partial charge in [0, 0.05) is 84.9 Å². The van der Waals surface area contributed by atoms with Crippen LogP contribution in [0, 0.1) is 11.6 Å². The number of aliphatic hydroxyl groups excluding tert-OH is 1. The van der Waals surface area contributed by atoms with Crippen LogP contribution in [0.5, 0.6) is 5.75 Å². The van der Waals surface area contributed by atoms with Crippen LogP contribution in [0.4, 0.5) is 8.78 Å². The van der Waals surface area contributed by atoms with Gasteiger partial charge in [-0.25, -0.2) is 13.8 Å². The van der Waals surface area contributed by atoms with Gasteiger partial charge in [0.1, 0.15) is 35.4 Å². The molecule has 1 atom stereocenters. The second-order valence-electron chi connectivity index (χ2n) is 12.1. The molecule has 1 amide bonds. The Bertz CT molecular complexity index is 2060. The van der Waals surface area contributed by atoms with E-state index >= 15 is 4.39 Å². The molecule has 254 valence electrons. The van der Waals surface area contributed by atoms with Crippen molar-refractivity contribution in [3.05, 3.63) is 83.1 Å². The Morgan fingerprint density at radius 2 is 2.00 bits per heavy atom. The van der Waals surface area contributed by atoms with Crippen molar-refractivity contribution in [1.82, 2.24) is 29.5 Å². The summed E-state index contributed by atoms with van der Waals surface area (Å²) in [6.45, 7) is 8.93. The lowest BCUT2D eigenvalue weighted by molar-refractivity contribution is -0.129. The molecule has 0 saturated carbocycles. The maximum atomic E-state index is 16.1. The van der Waals surface area contributed by atoms with Crippen LogP contribution in [0.15, 0.2) is 54.6 Å². The summed E-state index contributed by atoms with van der Waals surface area (Å²) in [7, 11) is 1.53. The van der Waals surface area contributed by atoms with Gasteiger partial charge in [-0.3, -0.25) is 19.4 Å². The van der Waals surface area contributed by atoms with Crippen molar-refractivity contribution >= 4 is 27.3 Å².